The van der Waals surface area contributed by atoms with Crippen molar-refractivity contribution in [1.29, 1.82) is 0 Å². The van der Waals surface area contributed by atoms with Gasteiger partial charge in [0.1, 0.15) is 6.54 Å². The van der Waals surface area contributed by atoms with Gasteiger partial charge in [0.15, 0.2) is 0 Å². The topological polar surface area (TPSA) is 78.0 Å². The van der Waals surface area contributed by atoms with Gasteiger partial charge in [0.25, 0.3) is 0 Å². The first-order valence-corrected chi connectivity index (χ1v) is 8.42. The summed E-state index contributed by atoms with van der Waals surface area (Å²) < 4.78 is 0. The zero-order chi connectivity index (χ0) is 18.0. The van der Waals surface area contributed by atoms with Crippen LogP contribution in [0.15, 0.2) is 30.3 Å². The fourth-order valence-electron chi connectivity index (χ4n) is 3.32. The monoisotopic (exact) mass is 343 g/mol. The number of carbonyl (C=O) groups is 4. The van der Waals surface area contributed by atoms with Crippen LogP contribution in [0.4, 0.5) is 4.79 Å². The molecule has 2 aliphatic rings. The Labute approximate surface area is 146 Å². The van der Waals surface area contributed by atoms with Gasteiger partial charge in [-0.1, -0.05) is 30.3 Å². The molecule has 132 valence electrons. The summed E-state index contributed by atoms with van der Waals surface area (Å²) in [6, 6.07) is 9.52. The van der Waals surface area contributed by atoms with Gasteiger partial charge in [0.2, 0.25) is 5.91 Å². The zero-order valence-corrected chi connectivity index (χ0v) is 14.2. The fraction of sp³-hybridized carbons (Fsp3) is 0.444. The molecule has 7 nitrogen and oxygen atoms in total. The first-order chi connectivity index (χ1) is 12.0. The number of likely N-dealkylation sites (N-methyl/N-ethyl adjacent to an activating group) is 1. The second kappa shape index (κ2) is 7.04. The van der Waals surface area contributed by atoms with E-state index in [1.54, 1.807) is 4.90 Å². The summed E-state index contributed by atoms with van der Waals surface area (Å²) >= 11 is 0. The van der Waals surface area contributed by atoms with Crippen molar-refractivity contribution in [2.75, 3.05) is 26.7 Å². The van der Waals surface area contributed by atoms with Crippen LogP contribution < -0.4 is 0 Å². The van der Waals surface area contributed by atoms with Gasteiger partial charge in [-0.2, -0.15) is 0 Å². The van der Waals surface area contributed by atoms with Crippen molar-refractivity contribution in [2.24, 2.45) is 5.92 Å². The lowest BCUT2D eigenvalue weighted by Gasteiger charge is -2.32. The first kappa shape index (κ1) is 17.1. The van der Waals surface area contributed by atoms with Crippen molar-refractivity contribution >= 4 is 23.8 Å². The van der Waals surface area contributed by atoms with E-state index in [1.165, 1.54) is 12.6 Å². The molecular weight excluding hydrogens is 322 g/mol. The van der Waals surface area contributed by atoms with E-state index in [9.17, 15) is 19.2 Å². The third kappa shape index (κ3) is 3.55. The van der Waals surface area contributed by atoms with Gasteiger partial charge >= 0.3 is 17.8 Å². The number of carbonyl (C=O) groups excluding carboxylic acids is 4. The fourth-order valence-corrected chi connectivity index (χ4v) is 3.32. The predicted octanol–water partition coefficient (Wildman–Crippen LogP) is 0.888. The minimum absolute atomic E-state index is 0.289. The average molecular weight is 343 g/mol. The smallest absolute Gasteiger partial charge is 0.334 e. The van der Waals surface area contributed by atoms with Crippen molar-refractivity contribution < 1.29 is 19.2 Å². The third-order valence-corrected chi connectivity index (χ3v) is 4.88. The van der Waals surface area contributed by atoms with Crippen LogP contribution in [0.2, 0.25) is 0 Å². The predicted molar refractivity (Wildman–Crippen MR) is 89.3 cm³/mol. The van der Waals surface area contributed by atoms with E-state index in [1.807, 2.05) is 18.2 Å². The van der Waals surface area contributed by atoms with Gasteiger partial charge in [-0.3, -0.25) is 19.3 Å². The van der Waals surface area contributed by atoms with Crippen LogP contribution >= 0.6 is 0 Å². The molecule has 0 aromatic heterocycles. The van der Waals surface area contributed by atoms with E-state index in [4.69, 9.17) is 0 Å². The summed E-state index contributed by atoms with van der Waals surface area (Å²) in [5.74, 6) is -1.59. The molecule has 0 bridgehead atoms. The molecule has 2 fully saturated rings. The van der Waals surface area contributed by atoms with E-state index < -0.39 is 17.8 Å². The Morgan fingerprint density at radius 3 is 2.24 bits per heavy atom. The van der Waals surface area contributed by atoms with E-state index >= 15 is 0 Å². The molecule has 0 saturated carbocycles. The van der Waals surface area contributed by atoms with Crippen LogP contribution in [0, 0.1) is 5.92 Å². The van der Waals surface area contributed by atoms with Gasteiger partial charge in [0.05, 0.1) is 0 Å². The molecule has 1 aromatic rings. The molecule has 0 atom stereocenters. The Hall–Kier alpha value is -2.70. The highest BCUT2D eigenvalue weighted by molar-refractivity contribution is 6.44. The first-order valence-electron chi connectivity index (χ1n) is 8.42. The van der Waals surface area contributed by atoms with E-state index in [0.29, 0.717) is 19.0 Å². The number of piperidine rings is 1. The van der Waals surface area contributed by atoms with Crippen molar-refractivity contribution in [2.45, 2.75) is 19.3 Å². The molecular formula is C18H21N3O4. The number of rotatable bonds is 4. The maximum absolute atomic E-state index is 12.4. The summed E-state index contributed by atoms with van der Waals surface area (Å²) in [6.07, 6.45) is 2.77. The van der Waals surface area contributed by atoms with Crippen LogP contribution in [0.1, 0.15) is 18.4 Å². The highest BCUT2D eigenvalue weighted by Gasteiger charge is 2.43. The summed E-state index contributed by atoms with van der Waals surface area (Å²) in [7, 11) is 1.24. The van der Waals surface area contributed by atoms with Crippen LogP contribution in [-0.2, 0) is 20.8 Å². The quantitative estimate of drug-likeness (QED) is 0.601. The molecule has 5 amide bonds. The summed E-state index contributed by atoms with van der Waals surface area (Å²) in [4.78, 5) is 50.6. The van der Waals surface area contributed by atoms with Crippen LogP contribution in [0.5, 0.6) is 0 Å². The number of nitrogens with zero attached hydrogens (tertiary/aromatic N) is 3. The SMILES string of the molecule is CN1C(=O)C(=O)N(CC(=O)N2CCC(Cc3ccccc3)CC2)C1=O. The Morgan fingerprint density at radius 1 is 1.04 bits per heavy atom. The normalized spacial score (nSPS) is 19.1. The van der Waals surface area contributed by atoms with Gasteiger partial charge in [-0.25, -0.2) is 9.69 Å². The van der Waals surface area contributed by atoms with Gasteiger partial charge in [-0.15, -0.1) is 0 Å². The van der Waals surface area contributed by atoms with Gasteiger partial charge < -0.3 is 4.90 Å². The number of urea groups is 1. The van der Waals surface area contributed by atoms with E-state index in [0.717, 1.165) is 29.1 Å². The number of benzene rings is 1. The molecule has 0 N–H and O–H groups in total. The van der Waals surface area contributed by atoms with Crippen LogP contribution in [0.3, 0.4) is 0 Å². The summed E-state index contributed by atoms with van der Waals surface area (Å²) in [6.45, 7) is 0.851. The zero-order valence-electron chi connectivity index (χ0n) is 14.2. The standard InChI is InChI=1S/C18H21N3O4/c1-19-16(23)17(24)21(18(19)25)12-15(22)20-9-7-14(8-10-20)11-13-5-3-2-4-6-13/h2-6,14H,7-12H2,1H3. The molecule has 0 aliphatic carbocycles. The number of hydrogen-bond donors (Lipinski definition) is 0. The number of likely N-dealkylation sites (tertiary alicyclic amines) is 1. The Bertz CT molecular complexity index is 696. The molecule has 2 aliphatic heterocycles. The molecule has 2 saturated heterocycles. The maximum Gasteiger partial charge on any atom is 0.334 e. The maximum atomic E-state index is 12.4. The minimum atomic E-state index is -0.931. The Balaban J connectivity index is 1.51. The molecule has 0 radical (unpaired) electrons. The van der Waals surface area contributed by atoms with E-state index in [-0.39, 0.29) is 12.5 Å². The summed E-state index contributed by atoms with van der Waals surface area (Å²) in [5.41, 5.74) is 1.29. The second-order valence-corrected chi connectivity index (χ2v) is 6.55. The lowest BCUT2D eigenvalue weighted by atomic mass is 9.90. The molecule has 0 spiro atoms. The second-order valence-electron chi connectivity index (χ2n) is 6.55. The van der Waals surface area contributed by atoms with Crippen LogP contribution in [-0.4, -0.2) is 65.1 Å². The van der Waals surface area contributed by atoms with Crippen molar-refractivity contribution in [3.05, 3.63) is 35.9 Å². The van der Waals surface area contributed by atoms with Crippen LogP contribution in [0.25, 0.3) is 0 Å². The lowest BCUT2D eigenvalue weighted by Crippen LogP contribution is -2.46. The van der Waals surface area contributed by atoms with Gasteiger partial charge in [0, 0.05) is 20.1 Å². The average Bonchev–Trinajstić information content (AvgIpc) is 2.81. The molecule has 1 aromatic carbocycles. The molecule has 7 heteroatoms. The number of imide groups is 2. The summed E-state index contributed by atoms with van der Waals surface area (Å²) in [5, 5.41) is 0. The van der Waals surface area contributed by atoms with Crippen molar-refractivity contribution in [3.63, 3.8) is 0 Å². The van der Waals surface area contributed by atoms with Crippen molar-refractivity contribution in [1.82, 2.24) is 14.7 Å². The highest BCUT2D eigenvalue weighted by atomic mass is 16.2. The third-order valence-electron chi connectivity index (χ3n) is 4.88. The Kier molecular flexibility index (Phi) is 4.83. The van der Waals surface area contributed by atoms with Gasteiger partial charge in [-0.05, 0) is 30.7 Å². The molecule has 0 unspecified atom stereocenters. The van der Waals surface area contributed by atoms with Crippen molar-refractivity contribution in [3.8, 4) is 0 Å². The highest BCUT2D eigenvalue weighted by Crippen LogP contribution is 2.22. The van der Waals surface area contributed by atoms with E-state index in [2.05, 4.69) is 12.1 Å². The number of hydrogen-bond acceptors (Lipinski definition) is 4. The lowest BCUT2D eigenvalue weighted by molar-refractivity contribution is -0.144. The number of amides is 5. The molecule has 25 heavy (non-hydrogen) atoms. The minimum Gasteiger partial charge on any atom is -0.341 e. The largest absolute Gasteiger partial charge is 0.341 e. The molecule has 2 heterocycles. The Morgan fingerprint density at radius 2 is 1.68 bits per heavy atom. The molecule has 3 rings (SSSR count).